The monoisotopic (exact) mass is 161 g/mol. The Labute approximate surface area is 68.8 Å². The second-order valence-electron chi connectivity index (χ2n) is 2.63. The Morgan fingerprint density at radius 1 is 1.50 bits per heavy atom. The quantitative estimate of drug-likeness (QED) is 0.580. The Morgan fingerprint density at radius 3 is 3.08 bits per heavy atom. The summed E-state index contributed by atoms with van der Waals surface area (Å²) >= 11 is 0. The highest BCUT2D eigenvalue weighted by Crippen LogP contribution is 2.11. The smallest absolute Gasteiger partial charge is 0.236 e. The average Bonchev–Trinajstić information content (AvgIpc) is 2.46. The zero-order valence-corrected chi connectivity index (χ0v) is 6.56. The van der Waals surface area contributed by atoms with Gasteiger partial charge in [-0.2, -0.15) is 4.68 Å². The van der Waals surface area contributed by atoms with Gasteiger partial charge in [0.25, 0.3) is 0 Å². The molecule has 1 heterocycles. The van der Waals surface area contributed by atoms with Gasteiger partial charge in [-0.1, -0.05) is 11.3 Å². The summed E-state index contributed by atoms with van der Waals surface area (Å²) in [5.41, 5.74) is 2.59. The number of hydrogen-bond donors (Lipinski definition) is 0. The number of carbonyl (C=O) groups excluding carboxylic acids is 1. The van der Waals surface area contributed by atoms with E-state index in [1.807, 2.05) is 25.1 Å². The van der Waals surface area contributed by atoms with Crippen molar-refractivity contribution in [1.29, 1.82) is 0 Å². The molecule has 12 heavy (non-hydrogen) atoms. The van der Waals surface area contributed by atoms with Gasteiger partial charge in [0.05, 0.1) is 5.52 Å². The maximum Gasteiger partial charge on any atom is 0.236 e. The maximum atomic E-state index is 10.5. The molecule has 0 N–H and O–H groups in total. The Bertz CT molecular complexity index is 433. The molecule has 0 saturated carbocycles. The molecule has 0 unspecified atom stereocenters. The Hall–Kier alpha value is -1.71. The first kappa shape index (κ1) is 6.97. The lowest BCUT2D eigenvalue weighted by Gasteiger charge is -1.91. The van der Waals surface area contributed by atoms with Crippen molar-refractivity contribution in [3.63, 3.8) is 0 Å². The van der Waals surface area contributed by atoms with Crippen molar-refractivity contribution < 1.29 is 4.79 Å². The molecule has 4 nitrogen and oxygen atoms in total. The van der Waals surface area contributed by atoms with Gasteiger partial charge in [0.15, 0.2) is 0 Å². The van der Waals surface area contributed by atoms with Crippen LogP contribution in [0.15, 0.2) is 18.2 Å². The van der Waals surface area contributed by atoms with Crippen molar-refractivity contribution in [2.45, 2.75) is 6.92 Å². The summed E-state index contributed by atoms with van der Waals surface area (Å²) in [7, 11) is 0. The van der Waals surface area contributed by atoms with Gasteiger partial charge in [-0.15, -0.1) is 5.10 Å². The fourth-order valence-electron chi connectivity index (χ4n) is 1.12. The third-order valence-electron chi connectivity index (χ3n) is 1.73. The molecule has 0 amide bonds. The molecule has 1 aromatic heterocycles. The van der Waals surface area contributed by atoms with Crippen LogP contribution in [0.1, 0.15) is 5.56 Å². The Morgan fingerprint density at radius 2 is 2.33 bits per heavy atom. The summed E-state index contributed by atoms with van der Waals surface area (Å²) in [5, 5.41) is 7.47. The van der Waals surface area contributed by atoms with Crippen LogP contribution >= 0.6 is 0 Å². The molecule has 4 heteroatoms. The number of benzene rings is 1. The van der Waals surface area contributed by atoms with E-state index in [9.17, 15) is 4.79 Å². The predicted molar refractivity (Wildman–Crippen MR) is 44.4 cm³/mol. The van der Waals surface area contributed by atoms with Crippen LogP contribution in [0.5, 0.6) is 0 Å². The molecule has 0 atom stereocenters. The van der Waals surface area contributed by atoms with Crippen LogP contribution in [0.25, 0.3) is 11.0 Å². The minimum atomic E-state index is 0.648. The average molecular weight is 161 g/mol. The molecule has 0 aliphatic carbocycles. The molecular formula is C8H7N3O. The molecule has 2 rings (SSSR count). The van der Waals surface area contributed by atoms with Crippen molar-refractivity contribution in [2.24, 2.45) is 0 Å². The molecule has 0 spiro atoms. The van der Waals surface area contributed by atoms with Crippen LogP contribution < -0.4 is 0 Å². The molecule has 0 aliphatic rings. The van der Waals surface area contributed by atoms with E-state index in [0.717, 1.165) is 16.6 Å². The SMILES string of the molecule is Cc1ccc2nnn(C=O)c2c1. The van der Waals surface area contributed by atoms with Crippen LogP contribution in [0.2, 0.25) is 0 Å². The van der Waals surface area contributed by atoms with Gasteiger partial charge < -0.3 is 0 Å². The van der Waals surface area contributed by atoms with Crippen LogP contribution in [0, 0.1) is 6.92 Å². The zero-order chi connectivity index (χ0) is 8.55. The molecule has 0 radical (unpaired) electrons. The van der Waals surface area contributed by atoms with Gasteiger partial charge in [0.2, 0.25) is 6.41 Å². The molecular weight excluding hydrogens is 154 g/mol. The molecule has 1 aromatic carbocycles. The minimum Gasteiger partial charge on any atom is -0.276 e. The van der Waals surface area contributed by atoms with Gasteiger partial charge in [-0.05, 0) is 24.6 Å². The summed E-state index contributed by atoms with van der Waals surface area (Å²) in [5.74, 6) is 0. The maximum absolute atomic E-state index is 10.5. The van der Waals surface area contributed by atoms with Crippen molar-refractivity contribution in [3.8, 4) is 0 Å². The fourth-order valence-corrected chi connectivity index (χ4v) is 1.12. The molecule has 0 fully saturated rings. The first-order valence-electron chi connectivity index (χ1n) is 3.58. The third-order valence-corrected chi connectivity index (χ3v) is 1.73. The highest BCUT2D eigenvalue weighted by Gasteiger charge is 2.01. The zero-order valence-electron chi connectivity index (χ0n) is 6.56. The highest BCUT2D eigenvalue weighted by molar-refractivity contribution is 5.80. The normalized spacial score (nSPS) is 10.4. The number of rotatable bonds is 1. The predicted octanol–water partition coefficient (Wildman–Crippen LogP) is 0.778. The van der Waals surface area contributed by atoms with E-state index in [-0.39, 0.29) is 0 Å². The molecule has 2 aromatic rings. The molecule has 0 aliphatic heterocycles. The highest BCUT2D eigenvalue weighted by atomic mass is 16.1. The van der Waals surface area contributed by atoms with Crippen LogP contribution in [0.3, 0.4) is 0 Å². The molecule has 0 saturated heterocycles. The first-order valence-corrected chi connectivity index (χ1v) is 3.58. The van der Waals surface area contributed by atoms with Crippen molar-refractivity contribution in [2.75, 3.05) is 0 Å². The third kappa shape index (κ3) is 0.887. The number of carbonyl (C=O) groups is 1. The summed E-state index contributed by atoms with van der Waals surface area (Å²) in [6.45, 7) is 1.96. The summed E-state index contributed by atoms with van der Waals surface area (Å²) in [4.78, 5) is 10.5. The second-order valence-corrected chi connectivity index (χ2v) is 2.63. The van der Waals surface area contributed by atoms with Crippen LogP contribution in [0.4, 0.5) is 0 Å². The summed E-state index contributed by atoms with van der Waals surface area (Å²) < 4.78 is 1.22. The number of aryl methyl sites for hydroxylation is 1. The number of fused-ring (bicyclic) bond motifs is 1. The van der Waals surface area contributed by atoms with Crippen LogP contribution in [-0.2, 0) is 4.79 Å². The van der Waals surface area contributed by atoms with E-state index in [2.05, 4.69) is 10.3 Å². The molecule has 60 valence electrons. The van der Waals surface area contributed by atoms with E-state index in [4.69, 9.17) is 0 Å². The summed E-state index contributed by atoms with van der Waals surface area (Å²) in [6, 6.07) is 5.66. The Balaban J connectivity index is 2.83. The van der Waals surface area contributed by atoms with E-state index >= 15 is 0 Å². The van der Waals surface area contributed by atoms with E-state index in [1.54, 1.807) is 0 Å². The summed E-state index contributed by atoms with van der Waals surface area (Å²) in [6.07, 6.45) is 0.648. The van der Waals surface area contributed by atoms with Gasteiger partial charge in [0, 0.05) is 0 Å². The van der Waals surface area contributed by atoms with Crippen molar-refractivity contribution in [1.82, 2.24) is 15.0 Å². The fraction of sp³-hybridized carbons (Fsp3) is 0.125. The van der Waals surface area contributed by atoms with E-state index < -0.39 is 0 Å². The number of hydrogen-bond acceptors (Lipinski definition) is 3. The standard InChI is InChI=1S/C8H7N3O/c1-6-2-3-7-8(4-6)11(5-12)10-9-7/h2-5H,1H3. The van der Waals surface area contributed by atoms with Gasteiger partial charge in [-0.3, -0.25) is 4.79 Å². The van der Waals surface area contributed by atoms with E-state index in [1.165, 1.54) is 4.68 Å². The largest absolute Gasteiger partial charge is 0.276 e. The van der Waals surface area contributed by atoms with Gasteiger partial charge in [-0.25, -0.2) is 0 Å². The van der Waals surface area contributed by atoms with Gasteiger partial charge >= 0.3 is 0 Å². The lowest BCUT2D eigenvalue weighted by Crippen LogP contribution is -1.96. The minimum absolute atomic E-state index is 0.648. The first-order chi connectivity index (χ1) is 5.81. The number of nitrogens with zero attached hydrogens (tertiary/aromatic N) is 3. The lowest BCUT2D eigenvalue weighted by molar-refractivity contribution is 0.540. The Kier molecular flexibility index (Phi) is 1.40. The van der Waals surface area contributed by atoms with Crippen molar-refractivity contribution >= 4 is 17.4 Å². The topological polar surface area (TPSA) is 47.8 Å². The lowest BCUT2D eigenvalue weighted by atomic mass is 10.2. The van der Waals surface area contributed by atoms with Gasteiger partial charge in [0.1, 0.15) is 5.52 Å². The second kappa shape index (κ2) is 2.41. The molecule has 0 bridgehead atoms. The van der Waals surface area contributed by atoms with Crippen molar-refractivity contribution in [3.05, 3.63) is 23.8 Å². The van der Waals surface area contributed by atoms with E-state index in [0.29, 0.717) is 6.41 Å². The van der Waals surface area contributed by atoms with Crippen LogP contribution in [-0.4, -0.2) is 21.4 Å². The number of aromatic nitrogens is 3.